The van der Waals surface area contributed by atoms with Crippen molar-refractivity contribution in [3.8, 4) is 0 Å². The van der Waals surface area contributed by atoms with E-state index in [1.165, 1.54) is 17.6 Å². The van der Waals surface area contributed by atoms with Gasteiger partial charge in [-0.25, -0.2) is 0 Å². The maximum atomic E-state index is 11.6. The Labute approximate surface area is 113 Å². The molecule has 0 saturated carbocycles. The summed E-state index contributed by atoms with van der Waals surface area (Å²) in [5.41, 5.74) is 1.24. The van der Waals surface area contributed by atoms with Crippen molar-refractivity contribution in [2.24, 2.45) is 0 Å². The van der Waals surface area contributed by atoms with E-state index in [0.29, 0.717) is 5.75 Å². The van der Waals surface area contributed by atoms with E-state index in [2.05, 4.69) is 43.4 Å². The van der Waals surface area contributed by atoms with Crippen molar-refractivity contribution in [2.45, 2.75) is 31.2 Å². The van der Waals surface area contributed by atoms with Crippen LogP contribution in [0.2, 0.25) is 0 Å². The highest BCUT2D eigenvalue weighted by Gasteiger charge is 2.18. The third kappa shape index (κ3) is 5.10. The molecule has 0 saturated heterocycles. The molecule has 4 heteroatoms. The average molecular weight is 267 g/mol. The van der Waals surface area contributed by atoms with Crippen LogP contribution in [0, 0.1) is 6.92 Å². The van der Waals surface area contributed by atoms with Crippen LogP contribution in [0.15, 0.2) is 29.2 Å². The van der Waals surface area contributed by atoms with Gasteiger partial charge in [-0.05, 0) is 32.0 Å². The molecule has 3 nitrogen and oxygen atoms in total. The molecule has 1 rings (SSSR count). The van der Waals surface area contributed by atoms with Crippen molar-refractivity contribution >= 4 is 17.7 Å². The van der Waals surface area contributed by atoms with Crippen molar-refractivity contribution in [3.05, 3.63) is 29.8 Å². The van der Waals surface area contributed by atoms with Gasteiger partial charge in [0.25, 0.3) is 0 Å². The molecule has 0 aliphatic heterocycles. The lowest BCUT2D eigenvalue weighted by Gasteiger charge is -2.15. The summed E-state index contributed by atoms with van der Waals surface area (Å²) in [7, 11) is 1.43. The van der Waals surface area contributed by atoms with E-state index in [-0.39, 0.29) is 12.0 Å². The van der Waals surface area contributed by atoms with E-state index in [4.69, 9.17) is 4.74 Å². The standard InChI is InChI=1S/C14H21NO2S/c1-4-9-15-13(14(16)17-3)10-18-12-7-5-11(2)6-8-12/h5-8,13,15H,4,9-10H2,1-3H3. The molecule has 0 radical (unpaired) electrons. The highest BCUT2D eigenvalue weighted by atomic mass is 32.2. The van der Waals surface area contributed by atoms with Crippen molar-refractivity contribution in [1.82, 2.24) is 5.32 Å². The Hall–Kier alpha value is -1.00. The number of thioether (sulfide) groups is 1. The molecule has 0 aromatic heterocycles. The van der Waals surface area contributed by atoms with Crippen molar-refractivity contribution < 1.29 is 9.53 Å². The molecule has 1 aromatic carbocycles. The third-order valence-electron chi connectivity index (χ3n) is 2.56. The zero-order chi connectivity index (χ0) is 13.4. The number of nitrogens with one attached hydrogen (secondary N) is 1. The van der Waals surface area contributed by atoms with Gasteiger partial charge in [0.2, 0.25) is 0 Å². The third-order valence-corrected chi connectivity index (χ3v) is 3.67. The first kappa shape index (κ1) is 15.1. The summed E-state index contributed by atoms with van der Waals surface area (Å²) in [6.07, 6.45) is 1.00. The van der Waals surface area contributed by atoms with Crippen LogP contribution in [0.1, 0.15) is 18.9 Å². The van der Waals surface area contributed by atoms with Crippen molar-refractivity contribution in [2.75, 3.05) is 19.4 Å². The fourth-order valence-electron chi connectivity index (χ4n) is 1.49. The number of aryl methyl sites for hydroxylation is 1. The SMILES string of the molecule is CCCNC(CSc1ccc(C)cc1)C(=O)OC. The van der Waals surface area contributed by atoms with Gasteiger partial charge >= 0.3 is 5.97 Å². The normalized spacial score (nSPS) is 12.2. The highest BCUT2D eigenvalue weighted by molar-refractivity contribution is 7.99. The maximum Gasteiger partial charge on any atom is 0.323 e. The molecule has 0 spiro atoms. The molecular formula is C14H21NO2S. The average Bonchev–Trinajstić information content (AvgIpc) is 2.40. The first-order valence-electron chi connectivity index (χ1n) is 6.18. The second-order valence-corrected chi connectivity index (χ2v) is 5.25. The molecule has 1 N–H and O–H groups in total. The molecule has 0 heterocycles. The Kier molecular flexibility index (Phi) is 6.83. The van der Waals surface area contributed by atoms with E-state index in [1.54, 1.807) is 11.8 Å². The van der Waals surface area contributed by atoms with Gasteiger partial charge in [-0.3, -0.25) is 4.79 Å². The second kappa shape index (κ2) is 8.16. The molecule has 0 bridgehead atoms. The molecule has 0 aliphatic carbocycles. The number of rotatable bonds is 7. The Bertz CT molecular complexity index is 365. The number of benzene rings is 1. The summed E-state index contributed by atoms with van der Waals surface area (Å²) >= 11 is 1.67. The van der Waals surface area contributed by atoms with Gasteiger partial charge in [0, 0.05) is 10.6 Å². The zero-order valence-corrected chi connectivity index (χ0v) is 12.0. The lowest BCUT2D eigenvalue weighted by molar-refractivity contribution is -0.142. The van der Waals surface area contributed by atoms with E-state index < -0.39 is 0 Å². The van der Waals surface area contributed by atoms with Crippen LogP contribution in [-0.4, -0.2) is 31.4 Å². The molecule has 1 atom stereocenters. The second-order valence-electron chi connectivity index (χ2n) is 4.15. The van der Waals surface area contributed by atoms with Gasteiger partial charge in [-0.1, -0.05) is 24.6 Å². The Morgan fingerprint density at radius 2 is 2.06 bits per heavy atom. The molecule has 0 amide bonds. The first-order chi connectivity index (χ1) is 8.67. The maximum absolute atomic E-state index is 11.6. The minimum absolute atomic E-state index is 0.192. The quantitative estimate of drug-likeness (QED) is 0.609. The lowest BCUT2D eigenvalue weighted by atomic mass is 10.2. The van der Waals surface area contributed by atoms with Crippen LogP contribution >= 0.6 is 11.8 Å². The number of methoxy groups -OCH3 is 1. The van der Waals surface area contributed by atoms with Crippen LogP contribution in [0.3, 0.4) is 0 Å². The van der Waals surface area contributed by atoms with Crippen LogP contribution in [0.5, 0.6) is 0 Å². The van der Waals surface area contributed by atoms with Gasteiger partial charge in [0.1, 0.15) is 6.04 Å². The topological polar surface area (TPSA) is 38.3 Å². The summed E-state index contributed by atoms with van der Waals surface area (Å²) in [4.78, 5) is 12.8. The number of ether oxygens (including phenoxy) is 1. The monoisotopic (exact) mass is 267 g/mol. The van der Waals surface area contributed by atoms with Gasteiger partial charge in [-0.15, -0.1) is 11.8 Å². The Morgan fingerprint density at radius 3 is 2.61 bits per heavy atom. The summed E-state index contributed by atoms with van der Waals surface area (Å²) in [6, 6.07) is 8.08. The lowest BCUT2D eigenvalue weighted by Crippen LogP contribution is -2.40. The molecule has 100 valence electrons. The molecule has 18 heavy (non-hydrogen) atoms. The van der Waals surface area contributed by atoms with E-state index in [9.17, 15) is 4.79 Å². The number of hydrogen-bond donors (Lipinski definition) is 1. The fraction of sp³-hybridized carbons (Fsp3) is 0.500. The van der Waals surface area contributed by atoms with Gasteiger partial charge in [0.05, 0.1) is 7.11 Å². The van der Waals surface area contributed by atoms with Crippen LogP contribution in [0.4, 0.5) is 0 Å². The van der Waals surface area contributed by atoms with E-state index in [0.717, 1.165) is 13.0 Å². The first-order valence-corrected chi connectivity index (χ1v) is 7.16. The highest BCUT2D eigenvalue weighted by Crippen LogP contribution is 2.19. The fourth-order valence-corrected chi connectivity index (χ4v) is 2.43. The summed E-state index contributed by atoms with van der Waals surface area (Å²) in [5, 5.41) is 3.21. The van der Waals surface area contributed by atoms with E-state index >= 15 is 0 Å². The smallest absolute Gasteiger partial charge is 0.323 e. The predicted molar refractivity (Wildman–Crippen MR) is 76.0 cm³/mol. The summed E-state index contributed by atoms with van der Waals surface area (Å²) < 4.78 is 4.80. The van der Waals surface area contributed by atoms with Crippen molar-refractivity contribution in [1.29, 1.82) is 0 Å². The molecule has 1 unspecified atom stereocenters. The number of esters is 1. The number of carbonyl (C=O) groups excluding carboxylic acids is 1. The minimum Gasteiger partial charge on any atom is -0.468 e. The number of hydrogen-bond acceptors (Lipinski definition) is 4. The molecule has 0 fully saturated rings. The van der Waals surface area contributed by atoms with Crippen LogP contribution < -0.4 is 5.32 Å². The minimum atomic E-state index is -0.235. The van der Waals surface area contributed by atoms with Gasteiger partial charge < -0.3 is 10.1 Å². The molecule has 0 aliphatic rings. The van der Waals surface area contributed by atoms with Crippen molar-refractivity contribution in [3.63, 3.8) is 0 Å². The van der Waals surface area contributed by atoms with Gasteiger partial charge in [-0.2, -0.15) is 0 Å². The summed E-state index contributed by atoms with van der Waals surface area (Å²) in [6.45, 7) is 4.97. The molecular weight excluding hydrogens is 246 g/mol. The Morgan fingerprint density at radius 1 is 1.39 bits per heavy atom. The van der Waals surface area contributed by atoms with Gasteiger partial charge in [0.15, 0.2) is 0 Å². The predicted octanol–water partition coefficient (Wildman–Crippen LogP) is 2.63. The number of carbonyl (C=O) groups is 1. The van der Waals surface area contributed by atoms with E-state index in [1.807, 2.05) is 0 Å². The van der Waals surface area contributed by atoms with Crippen LogP contribution in [0.25, 0.3) is 0 Å². The largest absolute Gasteiger partial charge is 0.468 e. The summed E-state index contributed by atoms with van der Waals surface area (Å²) in [5.74, 6) is 0.499. The zero-order valence-electron chi connectivity index (χ0n) is 11.2. The molecule has 1 aromatic rings. The van der Waals surface area contributed by atoms with Crippen LogP contribution in [-0.2, 0) is 9.53 Å². The Balaban J connectivity index is 2.50.